The summed E-state index contributed by atoms with van der Waals surface area (Å²) in [5, 5.41) is 0. The Labute approximate surface area is 370 Å². The summed E-state index contributed by atoms with van der Waals surface area (Å²) in [6, 6.07) is 0. The van der Waals surface area contributed by atoms with Gasteiger partial charge in [-0.15, -0.1) is 0 Å². The minimum atomic E-state index is -0.782. The van der Waals surface area contributed by atoms with Gasteiger partial charge in [-0.2, -0.15) is 0 Å². The molecule has 0 heterocycles. The summed E-state index contributed by atoms with van der Waals surface area (Å²) in [6.45, 7) is 6.46. The Kier molecular flexibility index (Phi) is 46.4. The van der Waals surface area contributed by atoms with Crippen LogP contribution in [0.5, 0.6) is 0 Å². The minimum Gasteiger partial charge on any atom is -0.462 e. The average Bonchev–Trinajstić information content (AvgIpc) is 3.24. The maximum absolute atomic E-state index is 12.8. The van der Waals surface area contributed by atoms with Gasteiger partial charge in [0.15, 0.2) is 6.10 Å². The van der Waals surface area contributed by atoms with E-state index in [0.717, 1.165) is 83.5 Å². The van der Waals surface area contributed by atoms with Crippen LogP contribution in [0.3, 0.4) is 0 Å². The third-order valence-electron chi connectivity index (χ3n) is 10.8. The summed E-state index contributed by atoms with van der Waals surface area (Å²) in [4.78, 5) is 37.9. The van der Waals surface area contributed by atoms with Crippen LogP contribution in [0.15, 0.2) is 60.8 Å². The first-order valence-electron chi connectivity index (χ1n) is 25.3. The van der Waals surface area contributed by atoms with Gasteiger partial charge in [0.2, 0.25) is 0 Å². The third-order valence-corrected chi connectivity index (χ3v) is 10.8. The summed E-state index contributed by atoms with van der Waals surface area (Å²) >= 11 is 0. The molecule has 0 saturated heterocycles. The zero-order chi connectivity index (χ0) is 43.7. The molecule has 346 valence electrons. The Hall–Kier alpha value is -2.89. The number of hydrogen-bond acceptors (Lipinski definition) is 6. The predicted octanol–water partition coefficient (Wildman–Crippen LogP) is 16.5. The molecular weight excluding hydrogens is 745 g/mol. The molecule has 1 unspecified atom stereocenters. The van der Waals surface area contributed by atoms with Crippen molar-refractivity contribution in [2.45, 2.75) is 252 Å². The normalized spacial score (nSPS) is 12.5. The summed E-state index contributed by atoms with van der Waals surface area (Å²) in [7, 11) is 0. The highest BCUT2D eigenvalue weighted by Crippen LogP contribution is 2.15. The molecule has 0 bridgehead atoms. The lowest BCUT2D eigenvalue weighted by Crippen LogP contribution is -2.30. The van der Waals surface area contributed by atoms with Gasteiger partial charge >= 0.3 is 17.9 Å². The molecule has 0 radical (unpaired) electrons. The van der Waals surface area contributed by atoms with Crippen LogP contribution in [0.2, 0.25) is 0 Å². The number of carbonyl (C=O) groups excluding carboxylic acids is 3. The van der Waals surface area contributed by atoms with E-state index < -0.39 is 6.10 Å². The highest BCUT2D eigenvalue weighted by Gasteiger charge is 2.19. The zero-order valence-corrected chi connectivity index (χ0v) is 39.5. The molecule has 1 atom stereocenters. The van der Waals surface area contributed by atoms with E-state index in [1.807, 2.05) is 0 Å². The summed E-state index contributed by atoms with van der Waals surface area (Å²) in [6.07, 6.45) is 59.1. The molecule has 0 fully saturated rings. The van der Waals surface area contributed by atoms with Gasteiger partial charge in [-0.1, -0.05) is 223 Å². The summed E-state index contributed by atoms with van der Waals surface area (Å²) < 4.78 is 16.8. The molecule has 0 spiro atoms. The second-order valence-electron chi connectivity index (χ2n) is 16.8. The first-order chi connectivity index (χ1) is 29.5. The number of allylic oxidation sites excluding steroid dienone is 10. The van der Waals surface area contributed by atoms with E-state index in [0.29, 0.717) is 19.3 Å². The highest BCUT2D eigenvalue weighted by atomic mass is 16.6. The third kappa shape index (κ3) is 46.2. The molecule has 6 nitrogen and oxygen atoms in total. The van der Waals surface area contributed by atoms with Crippen LogP contribution in [0.4, 0.5) is 0 Å². The quantitative estimate of drug-likeness (QED) is 0.0263. The van der Waals surface area contributed by atoms with Crippen molar-refractivity contribution in [1.82, 2.24) is 0 Å². The Balaban J connectivity index is 4.41. The van der Waals surface area contributed by atoms with Crippen molar-refractivity contribution in [3.8, 4) is 0 Å². The Morgan fingerprint density at radius 3 is 1.05 bits per heavy atom. The van der Waals surface area contributed by atoms with Gasteiger partial charge in [-0.25, -0.2) is 0 Å². The van der Waals surface area contributed by atoms with E-state index in [1.54, 1.807) is 0 Å². The fraction of sp³-hybridized carbons (Fsp3) is 0.759. The lowest BCUT2D eigenvalue weighted by Gasteiger charge is -2.18. The predicted molar refractivity (Wildman–Crippen MR) is 256 cm³/mol. The molecule has 0 aliphatic heterocycles. The average molecular weight is 839 g/mol. The van der Waals surface area contributed by atoms with Gasteiger partial charge in [0.05, 0.1) is 0 Å². The molecule has 6 heteroatoms. The Bertz CT molecular complexity index is 1100. The Morgan fingerprint density at radius 2 is 0.650 bits per heavy atom. The van der Waals surface area contributed by atoms with Crippen LogP contribution in [0.1, 0.15) is 245 Å². The van der Waals surface area contributed by atoms with Crippen molar-refractivity contribution in [2.75, 3.05) is 13.2 Å². The molecular formula is C54H94O6. The second kappa shape index (κ2) is 48.8. The topological polar surface area (TPSA) is 78.9 Å². The first-order valence-corrected chi connectivity index (χ1v) is 25.3. The molecule has 0 aliphatic carbocycles. The van der Waals surface area contributed by atoms with Crippen molar-refractivity contribution >= 4 is 17.9 Å². The van der Waals surface area contributed by atoms with Gasteiger partial charge in [-0.3, -0.25) is 14.4 Å². The van der Waals surface area contributed by atoms with Gasteiger partial charge in [-0.05, 0) is 64.2 Å². The standard InChI is InChI=1S/C54H94O6/c1-4-7-10-13-16-19-22-25-27-29-32-35-38-41-44-47-53(56)59-50-51(49-58-52(55)46-43-40-37-34-31-24-21-18-15-12-9-6-3)60-54(57)48-45-42-39-36-33-30-28-26-23-20-17-14-11-8-5-2/h7,10,13,16-17,19-20,22-23,26,51H,4-6,8-9,11-12,14-15,18,21,24-25,27-50H2,1-3H3/b10-7-,16-13-,20-17-,22-19-,26-23-. The number of carbonyl (C=O) groups is 3. The SMILES string of the molecule is CC\C=C/C=C\C=C/CCCCCCCCCC(=O)OCC(COC(=O)CCCCCCCCCCCCCC)OC(=O)CCCCCCCC/C=C\C=C/CCCCC. The van der Waals surface area contributed by atoms with Gasteiger partial charge in [0.25, 0.3) is 0 Å². The number of hydrogen-bond donors (Lipinski definition) is 0. The van der Waals surface area contributed by atoms with Crippen LogP contribution in [-0.2, 0) is 28.6 Å². The number of esters is 3. The van der Waals surface area contributed by atoms with E-state index in [9.17, 15) is 14.4 Å². The largest absolute Gasteiger partial charge is 0.462 e. The first kappa shape index (κ1) is 57.1. The van der Waals surface area contributed by atoms with Crippen LogP contribution in [-0.4, -0.2) is 37.2 Å². The van der Waals surface area contributed by atoms with E-state index >= 15 is 0 Å². The lowest BCUT2D eigenvalue weighted by molar-refractivity contribution is -0.167. The monoisotopic (exact) mass is 839 g/mol. The number of unbranched alkanes of at least 4 members (excludes halogenated alkanes) is 27. The zero-order valence-electron chi connectivity index (χ0n) is 39.5. The van der Waals surface area contributed by atoms with Crippen LogP contribution in [0.25, 0.3) is 0 Å². The molecule has 0 aliphatic rings. The smallest absolute Gasteiger partial charge is 0.306 e. The van der Waals surface area contributed by atoms with E-state index in [1.165, 1.54) is 122 Å². The van der Waals surface area contributed by atoms with Gasteiger partial charge in [0.1, 0.15) is 13.2 Å². The summed E-state index contributed by atoms with van der Waals surface area (Å²) in [5.41, 5.74) is 0. The molecule has 0 aromatic rings. The molecule has 60 heavy (non-hydrogen) atoms. The maximum atomic E-state index is 12.8. The fourth-order valence-corrected chi connectivity index (χ4v) is 7.02. The maximum Gasteiger partial charge on any atom is 0.306 e. The fourth-order valence-electron chi connectivity index (χ4n) is 7.02. The highest BCUT2D eigenvalue weighted by molar-refractivity contribution is 5.71. The van der Waals surface area contributed by atoms with Gasteiger partial charge in [0, 0.05) is 19.3 Å². The van der Waals surface area contributed by atoms with E-state index in [2.05, 4.69) is 81.5 Å². The molecule has 0 aromatic heterocycles. The molecule has 0 rings (SSSR count). The van der Waals surface area contributed by atoms with Crippen molar-refractivity contribution < 1.29 is 28.6 Å². The van der Waals surface area contributed by atoms with Crippen molar-refractivity contribution in [3.63, 3.8) is 0 Å². The van der Waals surface area contributed by atoms with Crippen molar-refractivity contribution in [3.05, 3.63) is 60.8 Å². The van der Waals surface area contributed by atoms with Crippen LogP contribution < -0.4 is 0 Å². The van der Waals surface area contributed by atoms with Crippen molar-refractivity contribution in [1.29, 1.82) is 0 Å². The number of ether oxygens (including phenoxy) is 3. The lowest BCUT2D eigenvalue weighted by atomic mass is 10.0. The Morgan fingerprint density at radius 1 is 0.350 bits per heavy atom. The van der Waals surface area contributed by atoms with Gasteiger partial charge < -0.3 is 14.2 Å². The molecule has 0 saturated carbocycles. The number of rotatable bonds is 45. The summed E-state index contributed by atoms with van der Waals surface area (Å²) in [5.74, 6) is -0.902. The van der Waals surface area contributed by atoms with Crippen LogP contribution >= 0.6 is 0 Å². The second-order valence-corrected chi connectivity index (χ2v) is 16.8. The molecule has 0 N–H and O–H groups in total. The van der Waals surface area contributed by atoms with Crippen LogP contribution in [0, 0.1) is 0 Å². The van der Waals surface area contributed by atoms with Crippen molar-refractivity contribution in [2.24, 2.45) is 0 Å². The molecule has 0 aromatic carbocycles. The molecule has 0 amide bonds. The van der Waals surface area contributed by atoms with E-state index in [-0.39, 0.29) is 31.1 Å². The van der Waals surface area contributed by atoms with E-state index in [4.69, 9.17) is 14.2 Å². The minimum absolute atomic E-state index is 0.0814.